The molecule has 64 valence electrons. The molecule has 2 heteroatoms. The zero-order chi connectivity index (χ0) is 8.23. The molecule has 1 aliphatic rings. The van der Waals surface area contributed by atoms with Crippen molar-refractivity contribution in [3.63, 3.8) is 0 Å². The average Bonchev–Trinajstić information content (AvgIpc) is 2.21. The first kappa shape index (κ1) is 8.22. The number of rotatable bonds is 1. The molecule has 1 fully saturated rings. The zero-order valence-electron chi connectivity index (χ0n) is 7.07. The molecule has 0 aromatic heterocycles. The molecule has 12 heavy (non-hydrogen) atoms. The van der Waals surface area contributed by atoms with Gasteiger partial charge in [0.2, 0.25) is 0 Å². The van der Waals surface area contributed by atoms with Gasteiger partial charge in [-0.05, 0) is 19.0 Å². The summed E-state index contributed by atoms with van der Waals surface area (Å²) in [7, 11) is -0.267. The van der Waals surface area contributed by atoms with Crippen molar-refractivity contribution in [3.05, 3.63) is 30.3 Å². The SMILES string of the molecule is c1ccc(P2CCCCO2)cc1. The molecule has 1 saturated heterocycles. The fourth-order valence-corrected chi connectivity index (χ4v) is 3.30. The molecule has 1 aromatic rings. The van der Waals surface area contributed by atoms with Gasteiger partial charge in [0.25, 0.3) is 0 Å². The van der Waals surface area contributed by atoms with Crippen LogP contribution in [0.25, 0.3) is 0 Å². The molecule has 1 nitrogen and oxygen atoms in total. The Labute approximate surface area is 74.6 Å². The highest BCUT2D eigenvalue weighted by molar-refractivity contribution is 7.60. The maximum Gasteiger partial charge on any atom is 0.0603 e. The van der Waals surface area contributed by atoms with E-state index in [9.17, 15) is 0 Å². The summed E-state index contributed by atoms with van der Waals surface area (Å²) in [6.45, 7) is 0.959. The van der Waals surface area contributed by atoms with E-state index in [1.807, 2.05) is 0 Å². The Morgan fingerprint density at radius 1 is 1.08 bits per heavy atom. The molecule has 1 unspecified atom stereocenters. The minimum atomic E-state index is -0.267. The average molecular weight is 180 g/mol. The summed E-state index contributed by atoms with van der Waals surface area (Å²) in [4.78, 5) is 0. The summed E-state index contributed by atoms with van der Waals surface area (Å²) >= 11 is 0. The molecule has 0 amide bonds. The van der Waals surface area contributed by atoms with Crippen molar-refractivity contribution in [2.24, 2.45) is 0 Å². The van der Waals surface area contributed by atoms with Crippen molar-refractivity contribution >= 4 is 13.5 Å². The van der Waals surface area contributed by atoms with Crippen LogP contribution < -0.4 is 5.30 Å². The second-order valence-corrected chi connectivity index (χ2v) is 4.96. The van der Waals surface area contributed by atoms with E-state index in [1.54, 1.807) is 0 Å². The Morgan fingerprint density at radius 2 is 1.92 bits per heavy atom. The molecule has 0 radical (unpaired) electrons. The Kier molecular flexibility index (Phi) is 2.75. The van der Waals surface area contributed by atoms with E-state index in [2.05, 4.69) is 30.3 Å². The largest absolute Gasteiger partial charge is 0.354 e. The minimum absolute atomic E-state index is 0.267. The van der Waals surface area contributed by atoms with Crippen LogP contribution in [0.1, 0.15) is 12.8 Å². The van der Waals surface area contributed by atoms with E-state index in [0.717, 1.165) is 6.61 Å². The van der Waals surface area contributed by atoms with Gasteiger partial charge in [0.1, 0.15) is 0 Å². The lowest BCUT2D eigenvalue weighted by molar-refractivity contribution is 0.328. The van der Waals surface area contributed by atoms with E-state index in [0.29, 0.717) is 0 Å². The zero-order valence-corrected chi connectivity index (χ0v) is 7.97. The van der Waals surface area contributed by atoms with Crippen molar-refractivity contribution in [3.8, 4) is 0 Å². The summed E-state index contributed by atoms with van der Waals surface area (Å²) in [6, 6.07) is 10.6. The lowest BCUT2D eigenvalue weighted by atomic mass is 10.4. The molecular formula is C10H13OP. The highest BCUT2D eigenvalue weighted by atomic mass is 31.1. The molecule has 1 aromatic carbocycles. The van der Waals surface area contributed by atoms with Crippen LogP contribution in [-0.2, 0) is 4.52 Å². The Bertz CT molecular complexity index is 229. The summed E-state index contributed by atoms with van der Waals surface area (Å²) in [6.07, 6.45) is 3.83. The second kappa shape index (κ2) is 4.02. The van der Waals surface area contributed by atoms with Gasteiger partial charge in [0.15, 0.2) is 0 Å². The lowest BCUT2D eigenvalue weighted by Crippen LogP contribution is -2.11. The summed E-state index contributed by atoms with van der Waals surface area (Å²) in [5.41, 5.74) is 0. The quantitative estimate of drug-likeness (QED) is 0.603. The van der Waals surface area contributed by atoms with Gasteiger partial charge in [-0.2, -0.15) is 0 Å². The van der Waals surface area contributed by atoms with E-state index >= 15 is 0 Å². The predicted octanol–water partition coefficient (Wildman–Crippen LogP) is 2.52. The van der Waals surface area contributed by atoms with Gasteiger partial charge < -0.3 is 4.52 Å². The van der Waals surface area contributed by atoms with Crippen molar-refractivity contribution in [1.29, 1.82) is 0 Å². The second-order valence-electron chi connectivity index (χ2n) is 2.98. The maximum atomic E-state index is 5.73. The van der Waals surface area contributed by atoms with Gasteiger partial charge in [-0.25, -0.2) is 0 Å². The Hall–Kier alpha value is -0.390. The predicted molar refractivity (Wildman–Crippen MR) is 53.0 cm³/mol. The summed E-state index contributed by atoms with van der Waals surface area (Å²) in [5.74, 6) is 0. The fraction of sp³-hybridized carbons (Fsp3) is 0.400. The van der Waals surface area contributed by atoms with Gasteiger partial charge in [0.05, 0.1) is 14.8 Å². The normalized spacial score (nSPS) is 23.8. The standard InChI is InChI=1S/C10H13OP/c1-2-6-10(7-3-1)12-9-5-4-8-11-12/h1-3,6-7H,4-5,8-9H2. The molecule has 1 atom stereocenters. The molecule has 1 aliphatic heterocycles. The maximum absolute atomic E-state index is 5.73. The van der Waals surface area contributed by atoms with Crippen LogP contribution in [0.5, 0.6) is 0 Å². The molecular weight excluding hydrogens is 167 g/mol. The number of benzene rings is 1. The third kappa shape index (κ3) is 1.85. The van der Waals surface area contributed by atoms with Gasteiger partial charge >= 0.3 is 0 Å². The van der Waals surface area contributed by atoms with E-state index in [-0.39, 0.29) is 8.15 Å². The number of hydrogen-bond acceptors (Lipinski definition) is 1. The first-order valence-electron chi connectivity index (χ1n) is 4.42. The van der Waals surface area contributed by atoms with Crippen molar-refractivity contribution in [2.75, 3.05) is 12.8 Å². The monoisotopic (exact) mass is 180 g/mol. The van der Waals surface area contributed by atoms with Crippen molar-refractivity contribution in [2.45, 2.75) is 12.8 Å². The van der Waals surface area contributed by atoms with Gasteiger partial charge in [-0.1, -0.05) is 30.3 Å². The topological polar surface area (TPSA) is 9.23 Å². The molecule has 0 N–H and O–H groups in total. The third-order valence-corrected chi connectivity index (χ3v) is 4.14. The van der Waals surface area contributed by atoms with Crippen LogP contribution in [0.15, 0.2) is 30.3 Å². The fourth-order valence-electron chi connectivity index (χ4n) is 1.39. The smallest absolute Gasteiger partial charge is 0.0603 e. The van der Waals surface area contributed by atoms with Crippen LogP contribution in [0.2, 0.25) is 0 Å². The Morgan fingerprint density at radius 3 is 2.58 bits per heavy atom. The molecule has 0 aliphatic carbocycles. The molecule has 0 saturated carbocycles. The minimum Gasteiger partial charge on any atom is -0.354 e. The number of hydrogen-bond donors (Lipinski definition) is 0. The highest BCUT2D eigenvalue weighted by Crippen LogP contribution is 2.39. The lowest BCUT2D eigenvalue weighted by Gasteiger charge is -2.22. The molecule has 2 rings (SSSR count). The Balaban J connectivity index is 2.08. The van der Waals surface area contributed by atoms with Gasteiger partial charge in [-0.3, -0.25) is 0 Å². The first-order chi connectivity index (χ1) is 5.97. The molecule has 0 spiro atoms. The van der Waals surface area contributed by atoms with Crippen LogP contribution in [0, 0.1) is 0 Å². The van der Waals surface area contributed by atoms with E-state index in [1.165, 1.54) is 24.3 Å². The van der Waals surface area contributed by atoms with Crippen molar-refractivity contribution < 1.29 is 4.52 Å². The van der Waals surface area contributed by atoms with Crippen LogP contribution in [0.4, 0.5) is 0 Å². The van der Waals surface area contributed by atoms with E-state index < -0.39 is 0 Å². The third-order valence-electron chi connectivity index (χ3n) is 2.05. The molecule has 0 bridgehead atoms. The summed E-state index contributed by atoms with van der Waals surface area (Å²) < 4.78 is 5.73. The van der Waals surface area contributed by atoms with E-state index in [4.69, 9.17) is 4.52 Å². The summed E-state index contributed by atoms with van der Waals surface area (Å²) in [5, 5.41) is 1.40. The van der Waals surface area contributed by atoms with Crippen LogP contribution in [0.3, 0.4) is 0 Å². The van der Waals surface area contributed by atoms with Crippen LogP contribution >= 0.6 is 8.15 Å². The van der Waals surface area contributed by atoms with Crippen LogP contribution in [-0.4, -0.2) is 12.8 Å². The van der Waals surface area contributed by atoms with Crippen molar-refractivity contribution in [1.82, 2.24) is 0 Å². The van der Waals surface area contributed by atoms with Gasteiger partial charge in [-0.15, -0.1) is 0 Å². The van der Waals surface area contributed by atoms with Gasteiger partial charge in [0, 0.05) is 5.30 Å². The highest BCUT2D eigenvalue weighted by Gasteiger charge is 2.14. The molecule has 1 heterocycles. The first-order valence-corrected chi connectivity index (χ1v) is 5.87.